The van der Waals surface area contributed by atoms with Gasteiger partial charge in [0.1, 0.15) is 16.5 Å². The zero-order valence-electron chi connectivity index (χ0n) is 22.5. The lowest BCUT2D eigenvalue weighted by Crippen LogP contribution is -2.40. The van der Waals surface area contributed by atoms with Gasteiger partial charge < -0.3 is 9.84 Å². The number of para-hydroxylation sites is 1. The number of nitrogens with zero attached hydrogens (tertiary/aromatic N) is 4. The van der Waals surface area contributed by atoms with Crippen molar-refractivity contribution in [2.45, 2.75) is 26.1 Å². The van der Waals surface area contributed by atoms with Crippen LogP contribution < -0.4 is 4.74 Å². The number of aromatic nitrogens is 3. The molecular formula is C32H31N5O2S. The number of aliphatic hydroxyl groups excluding tert-OH is 1. The van der Waals surface area contributed by atoms with Gasteiger partial charge in [-0.15, -0.1) is 23.7 Å². The fourth-order valence-electron chi connectivity index (χ4n) is 5.50. The van der Waals surface area contributed by atoms with Crippen molar-refractivity contribution >= 4 is 38.7 Å². The third-order valence-electron chi connectivity index (χ3n) is 7.58. The minimum atomic E-state index is -0.987. The summed E-state index contributed by atoms with van der Waals surface area (Å²) >= 11 is 1.60. The van der Waals surface area contributed by atoms with E-state index in [0.717, 1.165) is 63.6 Å². The first-order chi connectivity index (χ1) is 19.5. The molecule has 0 saturated carbocycles. The summed E-state index contributed by atoms with van der Waals surface area (Å²) in [4.78, 5) is 11.7. The summed E-state index contributed by atoms with van der Waals surface area (Å²) < 4.78 is 6.73. The number of terminal acetylenes is 1. The van der Waals surface area contributed by atoms with E-state index in [1.165, 1.54) is 11.1 Å². The van der Waals surface area contributed by atoms with E-state index in [2.05, 4.69) is 45.1 Å². The summed E-state index contributed by atoms with van der Waals surface area (Å²) in [5.41, 5.74) is 5.70. The Labute approximate surface area is 237 Å². The molecule has 1 aliphatic heterocycles. The highest BCUT2D eigenvalue weighted by Gasteiger charge is 2.26. The van der Waals surface area contributed by atoms with E-state index in [4.69, 9.17) is 16.1 Å². The van der Waals surface area contributed by atoms with E-state index >= 15 is 0 Å². The first-order valence-corrected chi connectivity index (χ1v) is 14.2. The molecule has 7 nitrogen and oxygen atoms in total. The minimum Gasteiger partial charge on any atom is -0.496 e. The number of nitrogens with one attached hydrogen (secondary N) is 1. The number of hydrogen-bond donors (Lipinski definition) is 2. The summed E-state index contributed by atoms with van der Waals surface area (Å²) in [6, 6.07) is 19.9. The molecule has 0 aliphatic carbocycles. The molecule has 0 bridgehead atoms. The number of aromatic amines is 1. The SMILES string of the molecule is C#C[C@H]1CC(/C=N\C(O)c2ccc3[nH]nc(-c4nc5ccccc5s4)c3c2)CN(Cc2c(C)cccc2OC)C1. The second kappa shape index (κ2) is 11.2. The van der Waals surface area contributed by atoms with Crippen molar-refractivity contribution in [1.82, 2.24) is 20.1 Å². The Morgan fingerprint density at radius 1 is 1.23 bits per heavy atom. The number of aliphatic imine (C=N–C) groups is 1. The monoisotopic (exact) mass is 549 g/mol. The maximum atomic E-state index is 11.0. The van der Waals surface area contributed by atoms with E-state index in [1.807, 2.05) is 54.7 Å². The molecule has 2 N–H and O–H groups in total. The second-order valence-electron chi connectivity index (χ2n) is 10.3. The summed E-state index contributed by atoms with van der Waals surface area (Å²) in [5.74, 6) is 4.10. The van der Waals surface area contributed by atoms with Crippen molar-refractivity contribution in [1.29, 1.82) is 0 Å². The number of aliphatic hydroxyl groups is 1. The third-order valence-corrected chi connectivity index (χ3v) is 8.63. The van der Waals surface area contributed by atoms with Crippen LogP contribution in [0.25, 0.3) is 31.8 Å². The van der Waals surface area contributed by atoms with Gasteiger partial charge in [-0.25, -0.2) is 4.98 Å². The molecule has 0 amide bonds. The fraction of sp³-hybridized carbons (Fsp3) is 0.281. The first-order valence-electron chi connectivity index (χ1n) is 13.4. The van der Waals surface area contributed by atoms with Crippen molar-refractivity contribution in [2.75, 3.05) is 20.2 Å². The van der Waals surface area contributed by atoms with Crippen molar-refractivity contribution in [3.8, 4) is 28.8 Å². The average Bonchev–Trinajstić information content (AvgIpc) is 3.60. The Hall–Kier alpha value is -4.03. The van der Waals surface area contributed by atoms with Crippen molar-refractivity contribution in [3.63, 3.8) is 0 Å². The molecule has 0 spiro atoms. The number of piperidine rings is 1. The lowest BCUT2D eigenvalue weighted by molar-refractivity contribution is 0.165. The number of thiazole rings is 1. The molecule has 3 atom stereocenters. The van der Waals surface area contributed by atoms with Gasteiger partial charge in [0, 0.05) is 54.2 Å². The Morgan fingerprint density at radius 3 is 2.92 bits per heavy atom. The van der Waals surface area contributed by atoms with Crippen molar-refractivity contribution in [2.24, 2.45) is 16.8 Å². The molecule has 8 heteroatoms. The van der Waals surface area contributed by atoms with Crippen LogP contribution in [0.1, 0.15) is 29.3 Å². The molecule has 1 aliphatic rings. The van der Waals surface area contributed by atoms with Crippen LogP contribution in [-0.4, -0.2) is 51.6 Å². The topological polar surface area (TPSA) is 86.6 Å². The van der Waals surface area contributed by atoms with Crippen LogP contribution in [0.5, 0.6) is 5.75 Å². The molecule has 1 saturated heterocycles. The Kier molecular flexibility index (Phi) is 7.35. The predicted octanol–water partition coefficient (Wildman–Crippen LogP) is 5.99. The van der Waals surface area contributed by atoms with E-state index in [9.17, 15) is 5.11 Å². The lowest BCUT2D eigenvalue weighted by Gasteiger charge is -2.35. The molecule has 202 valence electrons. The maximum Gasteiger partial charge on any atom is 0.170 e. The van der Waals surface area contributed by atoms with Crippen LogP contribution in [0.4, 0.5) is 0 Å². The number of methoxy groups -OCH3 is 1. The predicted molar refractivity (Wildman–Crippen MR) is 162 cm³/mol. The largest absolute Gasteiger partial charge is 0.496 e. The molecule has 6 rings (SSSR count). The van der Waals surface area contributed by atoms with Crippen LogP contribution in [0.15, 0.2) is 65.7 Å². The van der Waals surface area contributed by atoms with Crippen LogP contribution in [0, 0.1) is 31.1 Å². The normalized spacial score (nSPS) is 18.9. The number of rotatable bonds is 7. The molecule has 3 aromatic carbocycles. The summed E-state index contributed by atoms with van der Waals surface area (Å²) in [7, 11) is 1.71. The van der Waals surface area contributed by atoms with Crippen LogP contribution in [-0.2, 0) is 6.54 Å². The first kappa shape index (κ1) is 26.2. The van der Waals surface area contributed by atoms with Crippen molar-refractivity contribution in [3.05, 3.63) is 77.4 Å². The Balaban J connectivity index is 1.21. The molecular weight excluding hydrogens is 518 g/mol. The number of aryl methyl sites for hydroxylation is 1. The van der Waals surface area contributed by atoms with Gasteiger partial charge in [-0.1, -0.05) is 30.3 Å². The van der Waals surface area contributed by atoms with Crippen LogP contribution >= 0.6 is 11.3 Å². The summed E-state index contributed by atoms with van der Waals surface area (Å²) in [6.07, 6.45) is 7.61. The fourth-order valence-corrected chi connectivity index (χ4v) is 6.47. The van der Waals surface area contributed by atoms with Gasteiger partial charge in [0.15, 0.2) is 6.23 Å². The number of likely N-dealkylation sites (tertiary alicyclic amines) is 1. The Bertz CT molecular complexity index is 1700. The van der Waals surface area contributed by atoms with Gasteiger partial charge in [-0.3, -0.25) is 15.0 Å². The van der Waals surface area contributed by atoms with Gasteiger partial charge >= 0.3 is 0 Å². The van der Waals surface area contributed by atoms with Gasteiger partial charge in [0.2, 0.25) is 0 Å². The number of fused-ring (bicyclic) bond motifs is 2. The molecule has 3 heterocycles. The van der Waals surface area contributed by atoms with Crippen molar-refractivity contribution < 1.29 is 9.84 Å². The highest BCUT2D eigenvalue weighted by Crippen LogP contribution is 2.34. The molecule has 1 fully saturated rings. The highest BCUT2D eigenvalue weighted by atomic mass is 32.1. The molecule has 5 aromatic rings. The van der Waals surface area contributed by atoms with E-state index in [1.54, 1.807) is 18.4 Å². The molecule has 2 unspecified atom stereocenters. The maximum absolute atomic E-state index is 11.0. The zero-order valence-corrected chi connectivity index (χ0v) is 23.4. The average molecular weight is 550 g/mol. The molecule has 40 heavy (non-hydrogen) atoms. The number of ether oxygens (including phenoxy) is 1. The van der Waals surface area contributed by atoms with Gasteiger partial charge in [0.25, 0.3) is 0 Å². The number of benzene rings is 3. The molecule has 2 aromatic heterocycles. The zero-order chi connectivity index (χ0) is 27.6. The quantitative estimate of drug-likeness (QED) is 0.192. The van der Waals surface area contributed by atoms with Gasteiger partial charge in [-0.2, -0.15) is 5.10 Å². The van der Waals surface area contributed by atoms with Crippen LogP contribution in [0.3, 0.4) is 0 Å². The summed E-state index contributed by atoms with van der Waals surface area (Å²) in [5, 5.41) is 20.4. The minimum absolute atomic E-state index is 0.121. The smallest absolute Gasteiger partial charge is 0.170 e. The van der Waals surface area contributed by atoms with Gasteiger partial charge in [0.05, 0.1) is 22.8 Å². The Morgan fingerprint density at radius 2 is 2.10 bits per heavy atom. The van der Waals surface area contributed by atoms with E-state index in [0.29, 0.717) is 5.56 Å². The van der Waals surface area contributed by atoms with Crippen LogP contribution in [0.2, 0.25) is 0 Å². The number of H-pyrrole nitrogens is 1. The highest BCUT2D eigenvalue weighted by molar-refractivity contribution is 7.21. The van der Waals surface area contributed by atoms with E-state index in [-0.39, 0.29) is 11.8 Å². The molecule has 0 radical (unpaired) electrons. The van der Waals surface area contributed by atoms with E-state index < -0.39 is 6.23 Å². The third kappa shape index (κ3) is 5.24. The lowest BCUT2D eigenvalue weighted by atomic mass is 9.90. The standard InChI is InChI=1S/C32H31N5O2S/c1-4-21-14-22(18-37(17-21)19-25-20(2)8-7-10-28(25)39-3)16-33-31(38)23-12-13-26-24(15-23)30(36-35-26)32-34-27-9-5-6-11-29(27)40-32/h1,5-13,15-16,21-22,31,38H,14,17-19H2,2-3H3,(H,35,36)/b33-16-/t21-,22?,31?/m0/s1. The number of hydrogen-bond acceptors (Lipinski definition) is 7. The summed E-state index contributed by atoms with van der Waals surface area (Å²) in [6.45, 7) is 4.50. The van der Waals surface area contributed by atoms with Gasteiger partial charge in [-0.05, 0) is 49.2 Å². The second-order valence-corrected chi connectivity index (χ2v) is 11.4.